The fraction of sp³-hybridized carbons (Fsp3) is 0.304. The Labute approximate surface area is 162 Å². The van der Waals surface area contributed by atoms with Gasteiger partial charge in [-0.25, -0.2) is 4.79 Å². The van der Waals surface area contributed by atoms with Crippen LogP contribution in [0.25, 0.3) is 11.0 Å². The molecule has 0 amide bonds. The molecule has 1 N–H and O–H groups in total. The molecule has 2 aromatic carbocycles. The van der Waals surface area contributed by atoms with Crippen molar-refractivity contribution in [3.8, 4) is 0 Å². The van der Waals surface area contributed by atoms with Crippen LogP contribution >= 0.6 is 0 Å². The van der Waals surface area contributed by atoms with Gasteiger partial charge in [0.1, 0.15) is 11.3 Å². The van der Waals surface area contributed by atoms with Crippen LogP contribution in [-0.4, -0.2) is 29.6 Å². The molecule has 28 heavy (non-hydrogen) atoms. The van der Waals surface area contributed by atoms with E-state index in [0.717, 1.165) is 31.4 Å². The standard InChI is InChI=1S/C23H22O5/c1-2-3-4-20-21(18-12-16(23(25)26)9-10-19(18)28-20)22(24)15-7-5-14(6-8-15)11-17-13-27-17/h5-10,12,17H,2-4,11,13H2,1H3,(H,25,26). The molecule has 1 aromatic heterocycles. The van der Waals surface area contributed by atoms with Gasteiger partial charge in [0.15, 0.2) is 5.78 Å². The molecule has 0 radical (unpaired) electrons. The van der Waals surface area contributed by atoms with Gasteiger partial charge in [-0.3, -0.25) is 4.79 Å². The van der Waals surface area contributed by atoms with Crippen LogP contribution < -0.4 is 0 Å². The summed E-state index contributed by atoms with van der Waals surface area (Å²) in [5.74, 6) is -0.537. The summed E-state index contributed by atoms with van der Waals surface area (Å²) in [6.07, 6.45) is 3.67. The second kappa shape index (κ2) is 7.60. The highest BCUT2D eigenvalue weighted by molar-refractivity contribution is 6.17. The summed E-state index contributed by atoms with van der Waals surface area (Å²) in [6.45, 7) is 2.88. The van der Waals surface area contributed by atoms with Crippen molar-refractivity contribution in [3.05, 3.63) is 70.5 Å². The number of aromatic carboxylic acids is 1. The van der Waals surface area contributed by atoms with Gasteiger partial charge >= 0.3 is 5.97 Å². The van der Waals surface area contributed by atoms with E-state index in [9.17, 15) is 14.7 Å². The van der Waals surface area contributed by atoms with E-state index < -0.39 is 5.97 Å². The first-order chi connectivity index (χ1) is 13.6. The van der Waals surface area contributed by atoms with Crippen molar-refractivity contribution >= 4 is 22.7 Å². The van der Waals surface area contributed by atoms with E-state index in [4.69, 9.17) is 9.15 Å². The zero-order valence-electron chi connectivity index (χ0n) is 15.7. The van der Waals surface area contributed by atoms with Gasteiger partial charge in [0.2, 0.25) is 0 Å². The quantitative estimate of drug-likeness (QED) is 0.456. The zero-order valence-corrected chi connectivity index (χ0v) is 15.7. The van der Waals surface area contributed by atoms with Crippen LogP contribution in [0.15, 0.2) is 46.9 Å². The summed E-state index contributed by atoms with van der Waals surface area (Å²) in [5, 5.41) is 9.88. The number of carboxylic acid groups (broad SMARTS) is 1. The number of ether oxygens (including phenoxy) is 1. The number of furan rings is 1. The Balaban J connectivity index is 1.74. The van der Waals surface area contributed by atoms with Gasteiger partial charge in [-0.2, -0.15) is 0 Å². The number of aryl methyl sites for hydroxylation is 1. The van der Waals surface area contributed by atoms with Crippen LogP contribution in [0.3, 0.4) is 0 Å². The maximum absolute atomic E-state index is 13.3. The molecule has 0 spiro atoms. The molecule has 5 heteroatoms. The van der Waals surface area contributed by atoms with Crippen molar-refractivity contribution in [1.29, 1.82) is 0 Å². The predicted molar refractivity (Wildman–Crippen MR) is 105 cm³/mol. The number of carbonyl (C=O) groups is 2. The molecular formula is C23H22O5. The Hall–Kier alpha value is -2.92. The number of carbonyl (C=O) groups excluding carboxylic acids is 1. The Kier molecular flexibility index (Phi) is 5.01. The van der Waals surface area contributed by atoms with Crippen molar-refractivity contribution < 1.29 is 23.8 Å². The summed E-state index contributed by atoms with van der Waals surface area (Å²) in [6, 6.07) is 12.2. The first-order valence-electron chi connectivity index (χ1n) is 9.60. The molecule has 5 nitrogen and oxygen atoms in total. The van der Waals surface area contributed by atoms with E-state index in [0.29, 0.717) is 40.4 Å². The molecule has 0 bridgehead atoms. The van der Waals surface area contributed by atoms with Crippen molar-refractivity contribution in [2.45, 2.75) is 38.7 Å². The Bertz CT molecular complexity index is 1030. The summed E-state index contributed by atoms with van der Waals surface area (Å²) in [4.78, 5) is 24.7. The zero-order chi connectivity index (χ0) is 19.7. The number of ketones is 1. The molecule has 3 aromatic rings. The number of hydrogen-bond acceptors (Lipinski definition) is 4. The molecule has 1 unspecified atom stereocenters. The van der Waals surface area contributed by atoms with Gasteiger partial charge in [-0.1, -0.05) is 37.6 Å². The van der Waals surface area contributed by atoms with Crippen molar-refractivity contribution in [1.82, 2.24) is 0 Å². The first kappa shape index (κ1) is 18.4. The molecule has 1 fully saturated rings. The smallest absolute Gasteiger partial charge is 0.335 e. The van der Waals surface area contributed by atoms with E-state index in [-0.39, 0.29) is 11.3 Å². The third-order valence-electron chi connectivity index (χ3n) is 5.07. The predicted octanol–water partition coefficient (Wildman–Crippen LogP) is 4.65. The largest absolute Gasteiger partial charge is 0.478 e. The van der Waals surface area contributed by atoms with Gasteiger partial charge in [-0.05, 0) is 30.2 Å². The fourth-order valence-corrected chi connectivity index (χ4v) is 3.43. The molecule has 1 atom stereocenters. The lowest BCUT2D eigenvalue weighted by Crippen LogP contribution is -2.05. The Morgan fingerprint density at radius 1 is 1.11 bits per heavy atom. The first-order valence-corrected chi connectivity index (χ1v) is 9.60. The summed E-state index contributed by atoms with van der Waals surface area (Å²) in [7, 11) is 0. The minimum absolute atomic E-state index is 0.137. The number of fused-ring (bicyclic) bond motifs is 1. The van der Waals surface area contributed by atoms with Crippen LogP contribution in [0.1, 0.15) is 57.4 Å². The van der Waals surface area contributed by atoms with Gasteiger partial charge < -0.3 is 14.3 Å². The topological polar surface area (TPSA) is 80.0 Å². The highest BCUT2D eigenvalue weighted by Crippen LogP contribution is 2.30. The number of epoxide rings is 1. The summed E-state index contributed by atoms with van der Waals surface area (Å²) in [5.41, 5.74) is 2.87. The van der Waals surface area contributed by atoms with Gasteiger partial charge in [0.25, 0.3) is 0 Å². The Morgan fingerprint density at radius 2 is 1.82 bits per heavy atom. The lowest BCUT2D eigenvalue weighted by Gasteiger charge is -2.05. The third kappa shape index (κ3) is 3.71. The number of hydrogen-bond donors (Lipinski definition) is 1. The third-order valence-corrected chi connectivity index (χ3v) is 5.07. The lowest BCUT2D eigenvalue weighted by molar-refractivity contribution is 0.0696. The van der Waals surface area contributed by atoms with Crippen molar-refractivity contribution in [3.63, 3.8) is 0 Å². The van der Waals surface area contributed by atoms with Crippen molar-refractivity contribution in [2.75, 3.05) is 6.61 Å². The molecular weight excluding hydrogens is 356 g/mol. The molecule has 0 aliphatic carbocycles. The van der Waals surface area contributed by atoms with Crippen molar-refractivity contribution in [2.24, 2.45) is 0 Å². The van der Waals surface area contributed by atoms with Gasteiger partial charge in [-0.15, -0.1) is 0 Å². The monoisotopic (exact) mass is 378 g/mol. The molecule has 144 valence electrons. The van der Waals surface area contributed by atoms with Crippen LogP contribution in [0.5, 0.6) is 0 Å². The minimum atomic E-state index is -1.02. The average Bonchev–Trinajstić information content (AvgIpc) is 3.43. The van der Waals surface area contributed by atoms with Gasteiger partial charge in [0, 0.05) is 23.8 Å². The molecule has 4 rings (SSSR count). The van der Waals surface area contributed by atoms with Crippen LogP contribution in [0.2, 0.25) is 0 Å². The van der Waals surface area contributed by atoms with Gasteiger partial charge in [0.05, 0.1) is 23.8 Å². The molecule has 0 saturated carbocycles. The Morgan fingerprint density at radius 3 is 2.46 bits per heavy atom. The van der Waals surface area contributed by atoms with Crippen LogP contribution in [-0.2, 0) is 17.6 Å². The minimum Gasteiger partial charge on any atom is -0.478 e. The highest BCUT2D eigenvalue weighted by Gasteiger charge is 2.24. The summed E-state index contributed by atoms with van der Waals surface area (Å²) < 4.78 is 11.2. The number of benzene rings is 2. The second-order valence-electron chi connectivity index (χ2n) is 7.21. The highest BCUT2D eigenvalue weighted by atomic mass is 16.6. The molecule has 1 aliphatic rings. The van der Waals surface area contributed by atoms with E-state index >= 15 is 0 Å². The van der Waals surface area contributed by atoms with E-state index in [1.807, 2.05) is 24.3 Å². The molecule has 1 saturated heterocycles. The van der Waals surface area contributed by atoms with E-state index in [1.165, 1.54) is 12.1 Å². The number of rotatable bonds is 8. The van der Waals surface area contributed by atoms with Crippen LogP contribution in [0.4, 0.5) is 0 Å². The lowest BCUT2D eigenvalue weighted by atomic mass is 9.96. The summed E-state index contributed by atoms with van der Waals surface area (Å²) >= 11 is 0. The maximum atomic E-state index is 13.3. The molecule has 2 heterocycles. The normalized spacial score (nSPS) is 15.7. The number of carboxylic acids is 1. The number of unbranched alkanes of at least 4 members (excludes halogenated alkanes) is 1. The average molecular weight is 378 g/mol. The van der Waals surface area contributed by atoms with E-state index in [1.54, 1.807) is 6.07 Å². The SMILES string of the molecule is CCCCc1oc2ccc(C(=O)O)cc2c1C(=O)c1ccc(CC2CO2)cc1. The fourth-order valence-electron chi connectivity index (χ4n) is 3.43. The van der Waals surface area contributed by atoms with Crippen LogP contribution in [0, 0.1) is 0 Å². The maximum Gasteiger partial charge on any atom is 0.335 e. The molecule has 1 aliphatic heterocycles. The van der Waals surface area contributed by atoms with E-state index in [2.05, 4.69) is 6.92 Å². The second-order valence-corrected chi connectivity index (χ2v) is 7.21.